The fourth-order valence-corrected chi connectivity index (χ4v) is 2.21. The van der Waals surface area contributed by atoms with Crippen molar-refractivity contribution in [3.05, 3.63) is 30.0 Å². The molecule has 0 spiro atoms. The average molecular weight is 287 g/mol. The lowest BCUT2D eigenvalue weighted by molar-refractivity contribution is -0.143. The van der Waals surface area contributed by atoms with Gasteiger partial charge in [-0.25, -0.2) is 0 Å². The molecule has 1 aromatic heterocycles. The highest BCUT2D eigenvalue weighted by atomic mass is 16.5. The number of pyridine rings is 1. The molecule has 0 saturated carbocycles. The molecule has 112 valence electrons. The van der Waals surface area contributed by atoms with Gasteiger partial charge in [-0.3, -0.25) is 9.78 Å². The molecule has 21 heavy (non-hydrogen) atoms. The van der Waals surface area contributed by atoms with E-state index in [1.807, 2.05) is 38.1 Å². The van der Waals surface area contributed by atoms with Crippen LogP contribution >= 0.6 is 0 Å². The molecule has 5 heteroatoms. The number of aromatic nitrogens is 1. The molecular weight excluding hydrogens is 266 g/mol. The maximum atomic E-state index is 11.3. The third-order valence-corrected chi connectivity index (χ3v) is 3.14. The van der Waals surface area contributed by atoms with Gasteiger partial charge in [-0.2, -0.15) is 0 Å². The number of anilines is 2. The molecule has 2 aromatic rings. The van der Waals surface area contributed by atoms with Gasteiger partial charge < -0.3 is 15.8 Å². The maximum absolute atomic E-state index is 11.3. The molecule has 0 radical (unpaired) electrons. The molecule has 0 aliphatic rings. The second-order valence-corrected chi connectivity index (χ2v) is 4.92. The summed E-state index contributed by atoms with van der Waals surface area (Å²) in [7, 11) is 0. The highest BCUT2D eigenvalue weighted by molar-refractivity contribution is 5.93. The first-order valence-corrected chi connectivity index (χ1v) is 7.16. The highest BCUT2D eigenvalue weighted by Gasteiger charge is 2.05. The molecule has 0 aliphatic carbocycles. The van der Waals surface area contributed by atoms with Crippen LogP contribution < -0.4 is 11.1 Å². The number of nitrogen functional groups attached to an aromatic ring is 1. The van der Waals surface area contributed by atoms with Gasteiger partial charge in [-0.15, -0.1) is 0 Å². The van der Waals surface area contributed by atoms with Gasteiger partial charge >= 0.3 is 5.97 Å². The Kier molecular flexibility index (Phi) is 4.98. The van der Waals surface area contributed by atoms with Gasteiger partial charge in [0.05, 0.1) is 12.1 Å². The molecule has 0 atom stereocenters. The predicted molar refractivity (Wildman–Crippen MR) is 85.2 cm³/mol. The molecule has 2 rings (SSSR count). The largest absolute Gasteiger partial charge is 0.466 e. The normalized spacial score (nSPS) is 10.6. The number of nitrogens with zero attached hydrogens (tertiary/aromatic N) is 1. The van der Waals surface area contributed by atoms with Crippen LogP contribution in [0.4, 0.5) is 11.4 Å². The average Bonchev–Trinajstić information content (AvgIpc) is 2.44. The third kappa shape index (κ3) is 4.08. The number of hydrogen-bond donors (Lipinski definition) is 2. The number of hydrogen-bond acceptors (Lipinski definition) is 5. The Balaban J connectivity index is 2.04. The molecular formula is C16H21N3O2. The zero-order chi connectivity index (χ0) is 15.2. The summed E-state index contributed by atoms with van der Waals surface area (Å²) in [6.07, 6.45) is 1.15. The van der Waals surface area contributed by atoms with Gasteiger partial charge in [-0.1, -0.05) is 0 Å². The van der Waals surface area contributed by atoms with Crippen LogP contribution in [0.25, 0.3) is 10.9 Å². The molecule has 0 saturated heterocycles. The standard InChI is InChI=1S/C16H21N3O2/c1-3-21-16(20)5-4-8-18-15-9-11(2)19-14-7-6-12(17)10-13(14)15/h6-7,9-10H,3-5,8,17H2,1-2H3,(H,18,19). The fraction of sp³-hybridized carbons (Fsp3) is 0.375. The topological polar surface area (TPSA) is 77.2 Å². The van der Waals surface area contributed by atoms with Gasteiger partial charge in [0, 0.05) is 35.4 Å². The van der Waals surface area contributed by atoms with Crippen LogP contribution in [-0.2, 0) is 9.53 Å². The quantitative estimate of drug-likeness (QED) is 0.485. The van der Waals surface area contributed by atoms with Crippen LogP contribution in [-0.4, -0.2) is 24.1 Å². The summed E-state index contributed by atoms with van der Waals surface area (Å²) in [4.78, 5) is 15.8. The van der Waals surface area contributed by atoms with Crippen LogP contribution in [0, 0.1) is 6.92 Å². The Bertz CT molecular complexity index is 641. The second-order valence-electron chi connectivity index (χ2n) is 4.92. The van der Waals surface area contributed by atoms with Crippen LogP contribution in [0.15, 0.2) is 24.3 Å². The van der Waals surface area contributed by atoms with Gasteiger partial charge in [-0.05, 0) is 44.5 Å². The van der Waals surface area contributed by atoms with E-state index in [0.717, 1.165) is 28.7 Å². The van der Waals surface area contributed by atoms with E-state index in [4.69, 9.17) is 10.5 Å². The Morgan fingerprint density at radius 1 is 1.38 bits per heavy atom. The number of benzene rings is 1. The summed E-state index contributed by atoms with van der Waals surface area (Å²) in [5, 5.41) is 4.35. The number of aryl methyl sites for hydroxylation is 1. The number of fused-ring (bicyclic) bond motifs is 1. The van der Waals surface area contributed by atoms with E-state index in [0.29, 0.717) is 25.3 Å². The number of nitrogens with two attached hydrogens (primary N) is 1. The molecule has 0 amide bonds. The summed E-state index contributed by atoms with van der Waals surface area (Å²) in [6, 6.07) is 7.67. The summed E-state index contributed by atoms with van der Waals surface area (Å²) < 4.78 is 4.91. The van der Waals surface area contributed by atoms with E-state index in [1.165, 1.54) is 0 Å². The number of nitrogens with one attached hydrogen (secondary N) is 1. The molecule has 0 unspecified atom stereocenters. The van der Waals surface area contributed by atoms with Crippen molar-refractivity contribution in [1.29, 1.82) is 0 Å². The van der Waals surface area contributed by atoms with Gasteiger partial charge in [0.2, 0.25) is 0 Å². The molecule has 0 bridgehead atoms. The monoisotopic (exact) mass is 287 g/mol. The third-order valence-electron chi connectivity index (χ3n) is 3.14. The molecule has 0 fully saturated rings. The summed E-state index contributed by atoms with van der Waals surface area (Å²) in [5.74, 6) is -0.153. The summed E-state index contributed by atoms with van der Waals surface area (Å²) >= 11 is 0. The first-order valence-electron chi connectivity index (χ1n) is 7.16. The molecule has 0 aliphatic heterocycles. The molecule has 1 heterocycles. The van der Waals surface area contributed by atoms with E-state index in [1.54, 1.807) is 0 Å². The molecule has 5 nitrogen and oxygen atoms in total. The van der Waals surface area contributed by atoms with Crippen molar-refractivity contribution in [2.24, 2.45) is 0 Å². The maximum Gasteiger partial charge on any atom is 0.305 e. The van der Waals surface area contributed by atoms with Crippen molar-refractivity contribution < 1.29 is 9.53 Å². The second kappa shape index (κ2) is 6.92. The number of carbonyl (C=O) groups excluding carboxylic acids is 1. The van der Waals surface area contributed by atoms with Crippen molar-refractivity contribution >= 4 is 28.2 Å². The first-order chi connectivity index (χ1) is 10.1. The van der Waals surface area contributed by atoms with E-state index < -0.39 is 0 Å². The fourth-order valence-electron chi connectivity index (χ4n) is 2.21. The van der Waals surface area contributed by atoms with E-state index in [9.17, 15) is 4.79 Å². The Hall–Kier alpha value is -2.30. The Labute approximate surface area is 124 Å². The highest BCUT2D eigenvalue weighted by Crippen LogP contribution is 2.25. The van der Waals surface area contributed by atoms with Crippen molar-refractivity contribution in [2.45, 2.75) is 26.7 Å². The zero-order valence-corrected chi connectivity index (χ0v) is 12.5. The minimum absolute atomic E-state index is 0.153. The summed E-state index contributed by atoms with van der Waals surface area (Å²) in [5.41, 5.74) is 9.41. The van der Waals surface area contributed by atoms with Crippen molar-refractivity contribution in [3.63, 3.8) is 0 Å². The van der Waals surface area contributed by atoms with Crippen LogP contribution in [0.1, 0.15) is 25.5 Å². The van der Waals surface area contributed by atoms with E-state index in [2.05, 4.69) is 10.3 Å². The van der Waals surface area contributed by atoms with Gasteiger partial charge in [0.1, 0.15) is 0 Å². The molecule has 3 N–H and O–H groups in total. The van der Waals surface area contributed by atoms with Crippen LogP contribution in [0.2, 0.25) is 0 Å². The van der Waals surface area contributed by atoms with Gasteiger partial charge in [0.25, 0.3) is 0 Å². The smallest absolute Gasteiger partial charge is 0.305 e. The predicted octanol–water partition coefficient (Wildman–Crippen LogP) is 2.88. The Morgan fingerprint density at radius 3 is 2.95 bits per heavy atom. The minimum Gasteiger partial charge on any atom is -0.466 e. The van der Waals surface area contributed by atoms with Crippen LogP contribution in [0.3, 0.4) is 0 Å². The first kappa shape index (κ1) is 15.1. The Morgan fingerprint density at radius 2 is 2.19 bits per heavy atom. The van der Waals surface area contributed by atoms with Crippen LogP contribution in [0.5, 0.6) is 0 Å². The number of esters is 1. The van der Waals surface area contributed by atoms with Crippen molar-refractivity contribution in [2.75, 3.05) is 24.2 Å². The van der Waals surface area contributed by atoms with E-state index >= 15 is 0 Å². The van der Waals surface area contributed by atoms with Crippen molar-refractivity contribution in [1.82, 2.24) is 4.98 Å². The number of ether oxygens (including phenoxy) is 1. The lowest BCUT2D eigenvalue weighted by Gasteiger charge is -2.11. The number of carbonyl (C=O) groups is 1. The summed E-state index contributed by atoms with van der Waals surface area (Å²) in [6.45, 7) is 4.90. The SMILES string of the molecule is CCOC(=O)CCCNc1cc(C)nc2ccc(N)cc12. The minimum atomic E-state index is -0.153. The van der Waals surface area contributed by atoms with E-state index in [-0.39, 0.29) is 5.97 Å². The lowest BCUT2D eigenvalue weighted by Crippen LogP contribution is -2.08. The number of rotatable bonds is 6. The van der Waals surface area contributed by atoms with Crippen molar-refractivity contribution in [3.8, 4) is 0 Å². The van der Waals surface area contributed by atoms with Gasteiger partial charge in [0.15, 0.2) is 0 Å². The zero-order valence-electron chi connectivity index (χ0n) is 12.5. The molecule has 1 aromatic carbocycles. The lowest BCUT2D eigenvalue weighted by atomic mass is 10.1.